The molecule has 0 radical (unpaired) electrons. The molecule has 2 N–H and O–H groups in total. The molecular weight excluding hydrogens is 405 g/mol. The van der Waals surface area contributed by atoms with E-state index in [0.29, 0.717) is 32.0 Å². The molecule has 2 rings (SSSR count). The van der Waals surface area contributed by atoms with Crippen LogP contribution in [0, 0.1) is 29.3 Å². The Morgan fingerprint density at radius 1 is 1.14 bits per heavy atom. The van der Waals surface area contributed by atoms with Crippen LogP contribution in [0.1, 0.15) is 38.7 Å². The van der Waals surface area contributed by atoms with Crippen LogP contribution in [-0.4, -0.2) is 49.9 Å². The van der Waals surface area contributed by atoms with Crippen LogP contribution in [0.4, 0.5) is 13.2 Å². The lowest BCUT2D eigenvalue weighted by molar-refractivity contribution is -0.132. The van der Waals surface area contributed by atoms with Crippen LogP contribution in [0.2, 0.25) is 0 Å². The highest BCUT2D eigenvalue weighted by molar-refractivity contribution is 7.91. The second kappa shape index (κ2) is 9.93. The third kappa shape index (κ3) is 6.99. The molecule has 1 fully saturated rings. The van der Waals surface area contributed by atoms with E-state index in [1.165, 1.54) is 0 Å². The zero-order chi connectivity index (χ0) is 21.8. The first-order chi connectivity index (χ1) is 13.5. The van der Waals surface area contributed by atoms with Crippen molar-refractivity contribution in [2.75, 3.05) is 24.6 Å². The number of carbonyl (C=O) groups is 1. The molecule has 0 saturated carbocycles. The number of nitrogens with two attached hydrogens (primary N) is 1. The molecule has 1 saturated heterocycles. The predicted octanol–water partition coefficient (Wildman–Crippen LogP) is 2.67. The number of amides is 1. The van der Waals surface area contributed by atoms with E-state index in [-0.39, 0.29) is 47.7 Å². The van der Waals surface area contributed by atoms with Gasteiger partial charge in [0.15, 0.2) is 21.5 Å². The lowest BCUT2D eigenvalue weighted by Crippen LogP contribution is -2.44. The molecule has 29 heavy (non-hydrogen) atoms. The molecule has 9 heteroatoms. The van der Waals surface area contributed by atoms with Gasteiger partial charge in [0.05, 0.1) is 11.5 Å². The summed E-state index contributed by atoms with van der Waals surface area (Å²) in [4.78, 5) is 13.9. The number of benzene rings is 1. The monoisotopic (exact) mass is 434 g/mol. The molecule has 1 aliphatic heterocycles. The van der Waals surface area contributed by atoms with E-state index in [1.807, 2.05) is 13.8 Å². The molecule has 0 bridgehead atoms. The number of hydrogen-bond acceptors (Lipinski definition) is 4. The first-order valence-electron chi connectivity index (χ1n) is 9.85. The third-order valence-corrected chi connectivity index (χ3v) is 7.26. The highest BCUT2D eigenvalue weighted by atomic mass is 32.2. The summed E-state index contributed by atoms with van der Waals surface area (Å²) >= 11 is 0. The van der Waals surface area contributed by atoms with Crippen molar-refractivity contribution < 1.29 is 26.4 Å². The van der Waals surface area contributed by atoms with Gasteiger partial charge in [-0.2, -0.15) is 0 Å². The fourth-order valence-electron chi connectivity index (χ4n) is 3.71. The minimum absolute atomic E-state index is 0.0104. The molecule has 1 amide bonds. The van der Waals surface area contributed by atoms with Gasteiger partial charge in [0, 0.05) is 31.6 Å². The van der Waals surface area contributed by atoms with Gasteiger partial charge < -0.3 is 10.6 Å². The maximum Gasteiger partial charge on any atom is 0.223 e. The standard InChI is InChI=1S/C20H29F3N2O3S/c1-13(2)12-29(27,28)8-5-20(26)25-6-3-14(4-7-25)19(24)10-15-9-17(22)18(23)11-16(15)21/h9,11,13-14,19H,3-8,10,12,24H2,1-2H3. The minimum Gasteiger partial charge on any atom is -0.343 e. The van der Waals surface area contributed by atoms with Crippen LogP contribution in [0.5, 0.6) is 0 Å². The first kappa shape index (κ1) is 23.7. The second-order valence-electron chi connectivity index (χ2n) is 8.20. The van der Waals surface area contributed by atoms with Gasteiger partial charge in [-0.3, -0.25) is 4.79 Å². The van der Waals surface area contributed by atoms with Crippen molar-refractivity contribution in [2.24, 2.45) is 17.6 Å². The Hall–Kier alpha value is -1.61. The zero-order valence-electron chi connectivity index (χ0n) is 16.8. The van der Waals surface area contributed by atoms with Gasteiger partial charge in [0.1, 0.15) is 5.82 Å². The molecule has 1 aliphatic rings. The topological polar surface area (TPSA) is 80.5 Å². The Bertz CT molecular complexity index is 823. The van der Waals surface area contributed by atoms with E-state index < -0.39 is 33.3 Å². The van der Waals surface area contributed by atoms with Crippen molar-refractivity contribution in [1.29, 1.82) is 0 Å². The summed E-state index contributed by atoms with van der Waals surface area (Å²) < 4.78 is 64.1. The predicted molar refractivity (Wildman–Crippen MR) is 105 cm³/mol. The van der Waals surface area contributed by atoms with Gasteiger partial charge in [-0.1, -0.05) is 13.8 Å². The summed E-state index contributed by atoms with van der Waals surface area (Å²) in [7, 11) is -3.24. The van der Waals surface area contributed by atoms with E-state index in [4.69, 9.17) is 5.73 Å². The molecule has 5 nitrogen and oxygen atoms in total. The number of sulfone groups is 1. The van der Waals surface area contributed by atoms with Crippen LogP contribution >= 0.6 is 0 Å². The smallest absolute Gasteiger partial charge is 0.223 e. The van der Waals surface area contributed by atoms with E-state index >= 15 is 0 Å². The van der Waals surface area contributed by atoms with Crippen LogP contribution in [0.25, 0.3) is 0 Å². The van der Waals surface area contributed by atoms with E-state index in [9.17, 15) is 26.4 Å². The molecule has 1 atom stereocenters. The summed E-state index contributed by atoms with van der Waals surface area (Å²) in [5, 5.41) is 0. The Kier molecular flexibility index (Phi) is 8.10. The Labute approximate surface area is 170 Å². The molecule has 1 unspecified atom stereocenters. The fourth-order valence-corrected chi connectivity index (χ4v) is 5.38. The largest absolute Gasteiger partial charge is 0.343 e. The van der Waals surface area contributed by atoms with Crippen molar-refractivity contribution in [3.8, 4) is 0 Å². The fraction of sp³-hybridized carbons (Fsp3) is 0.650. The van der Waals surface area contributed by atoms with Crippen molar-refractivity contribution in [3.63, 3.8) is 0 Å². The Morgan fingerprint density at radius 2 is 1.72 bits per heavy atom. The number of rotatable bonds is 8. The van der Waals surface area contributed by atoms with Crippen molar-refractivity contribution in [1.82, 2.24) is 4.90 Å². The molecule has 1 heterocycles. The van der Waals surface area contributed by atoms with Gasteiger partial charge >= 0.3 is 0 Å². The molecule has 0 spiro atoms. The van der Waals surface area contributed by atoms with Crippen molar-refractivity contribution in [3.05, 3.63) is 35.1 Å². The Balaban J connectivity index is 1.84. The molecular formula is C20H29F3N2O3S. The quantitative estimate of drug-likeness (QED) is 0.638. The SMILES string of the molecule is CC(C)CS(=O)(=O)CCC(=O)N1CCC(C(N)Cc2cc(F)c(F)cc2F)CC1. The van der Waals surface area contributed by atoms with Crippen LogP contribution in [0.3, 0.4) is 0 Å². The summed E-state index contributed by atoms with van der Waals surface area (Å²) in [6.07, 6.45) is 1.23. The van der Waals surface area contributed by atoms with E-state index in [1.54, 1.807) is 4.90 Å². The number of carbonyl (C=O) groups excluding carboxylic acids is 1. The molecule has 1 aromatic rings. The van der Waals surface area contributed by atoms with E-state index in [0.717, 1.165) is 6.07 Å². The van der Waals surface area contributed by atoms with Gasteiger partial charge in [-0.15, -0.1) is 0 Å². The number of hydrogen-bond donors (Lipinski definition) is 1. The third-order valence-electron chi connectivity index (χ3n) is 5.26. The molecule has 164 valence electrons. The van der Waals surface area contributed by atoms with Gasteiger partial charge in [0.25, 0.3) is 0 Å². The van der Waals surface area contributed by atoms with E-state index in [2.05, 4.69) is 0 Å². The second-order valence-corrected chi connectivity index (χ2v) is 10.4. The summed E-state index contributed by atoms with van der Waals surface area (Å²) in [6, 6.07) is 0.908. The number of piperidine rings is 1. The first-order valence-corrected chi connectivity index (χ1v) is 11.7. The average molecular weight is 435 g/mol. The van der Waals surface area contributed by atoms with Gasteiger partial charge in [0.2, 0.25) is 5.91 Å². The van der Waals surface area contributed by atoms with Crippen LogP contribution in [-0.2, 0) is 21.1 Å². The van der Waals surface area contributed by atoms with Crippen LogP contribution in [0.15, 0.2) is 12.1 Å². The maximum absolute atomic E-state index is 13.8. The number of halogens is 3. The van der Waals surface area contributed by atoms with Crippen molar-refractivity contribution in [2.45, 2.75) is 45.6 Å². The summed E-state index contributed by atoms with van der Waals surface area (Å²) in [6.45, 7) is 4.53. The lowest BCUT2D eigenvalue weighted by atomic mass is 9.86. The molecule has 1 aromatic carbocycles. The highest BCUT2D eigenvalue weighted by Crippen LogP contribution is 2.24. The average Bonchev–Trinajstić information content (AvgIpc) is 2.63. The normalized spacial score (nSPS) is 17.0. The van der Waals surface area contributed by atoms with Crippen molar-refractivity contribution >= 4 is 15.7 Å². The zero-order valence-corrected chi connectivity index (χ0v) is 17.7. The lowest BCUT2D eigenvalue weighted by Gasteiger charge is -2.35. The molecule has 0 aromatic heterocycles. The minimum atomic E-state index is -3.24. The summed E-state index contributed by atoms with van der Waals surface area (Å²) in [5.74, 6) is -3.42. The number of likely N-dealkylation sites (tertiary alicyclic amines) is 1. The summed E-state index contributed by atoms with van der Waals surface area (Å²) in [5.41, 5.74) is 6.19. The Morgan fingerprint density at radius 3 is 2.31 bits per heavy atom. The maximum atomic E-state index is 13.8. The van der Waals surface area contributed by atoms with Crippen LogP contribution < -0.4 is 5.73 Å². The number of nitrogens with zero attached hydrogens (tertiary/aromatic N) is 1. The van der Waals surface area contributed by atoms with Gasteiger partial charge in [-0.05, 0) is 42.7 Å². The highest BCUT2D eigenvalue weighted by Gasteiger charge is 2.28. The van der Waals surface area contributed by atoms with Gasteiger partial charge in [-0.25, -0.2) is 21.6 Å². The molecule has 0 aliphatic carbocycles.